The van der Waals surface area contributed by atoms with Gasteiger partial charge in [0.1, 0.15) is 5.82 Å². The van der Waals surface area contributed by atoms with Crippen LogP contribution < -0.4 is 5.73 Å². The number of hydrogen-bond donors (Lipinski definition) is 1. The fourth-order valence-corrected chi connectivity index (χ4v) is 2.61. The molecule has 1 aliphatic rings. The highest BCUT2D eigenvalue weighted by molar-refractivity contribution is 5.79. The van der Waals surface area contributed by atoms with Crippen molar-refractivity contribution >= 4 is 11.7 Å². The van der Waals surface area contributed by atoms with E-state index < -0.39 is 0 Å². The molecular weight excluding hydrogens is 276 g/mol. The summed E-state index contributed by atoms with van der Waals surface area (Å²) < 4.78 is 5.68. The van der Waals surface area contributed by atoms with E-state index in [1.54, 1.807) is 0 Å². The van der Waals surface area contributed by atoms with Crippen molar-refractivity contribution in [3.63, 3.8) is 0 Å². The zero-order chi connectivity index (χ0) is 15.5. The molecule has 0 unspecified atom stereocenters. The Morgan fingerprint density at radius 2 is 2.00 bits per heavy atom. The first kappa shape index (κ1) is 14.4. The maximum absolute atomic E-state index is 5.77. The Balaban J connectivity index is 1.70. The molecule has 0 atom stereocenters. The van der Waals surface area contributed by atoms with Gasteiger partial charge in [-0.3, -0.25) is 5.01 Å². The molecule has 22 heavy (non-hydrogen) atoms. The monoisotopic (exact) mass is 296 g/mol. The number of nitrogens with zero attached hydrogens (tertiary/aromatic N) is 3. The molecule has 0 bridgehead atoms. The van der Waals surface area contributed by atoms with Gasteiger partial charge < -0.3 is 10.5 Å². The average Bonchev–Trinajstić information content (AvgIpc) is 2.91. The van der Waals surface area contributed by atoms with Crippen molar-refractivity contribution in [2.24, 2.45) is 5.10 Å². The third-order valence-electron chi connectivity index (χ3n) is 3.75. The van der Waals surface area contributed by atoms with Crippen LogP contribution in [0.15, 0.2) is 41.5 Å². The molecule has 0 radical (unpaired) electrons. The van der Waals surface area contributed by atoms with Gasteiger partial charge in [0.2, 0.25) is 5.90 Å². The van der Waals surface area contributed by atoms with Crippen LogP contribution in [-0.4, -0.2) is 22.6 Å². The van der Waals surface area contributed by atoms with E-state index in [-0.39, 0.29) is 0 Å². The Bertz CT molecular complexity index is 674. The summed E-state index contributed by atoms with van der Waals surface area (Å²) in [7, 11) is 0. The number of ether oxygens (including phenoxy) is 1. The van der Waals surface area contributed by atoms with Crippen LogP contribution in [0.2, 0.25) is 0 Å². The molecule has 0 saturated heterocycles. The molecule has 0 aliphatic carbocycles. The summed E-state index contributed by atoms with van der Waals surface area (Å²) in [4.78, 5) is 4.33. The minimum Gasteiger partial charge on any atom is -0.457 e. The number of nitrogens with two attached hydrogens (primary N) is 1. The fraction of sp³-hybridized carbons (Fsp3) is 0.294. The maximum atomic E-state index is 5.77. The summed E-state index contributed by atoms with van der Waals surface area (Å²) in [5, 5.41) is 6.47. The second-order valence-electron chi connectivity index (χ2n) is 5.52. The molecule has 1 aromatic carbocycles. The lowest BCUT2D eigenvalue weighted by molar-refractivity contribution is 0.160. The predicted molar refractivity (Wildman–Crippen MR) is 87.2 cm³/mol. The van der Waals surface area contributed by atoms with Crippen LogP contribution in [0.25, 0.3) is 0 Å². The third kappa shape index (κ3) is 3.19. The van der Waals surface area contributed by atoms with Crippen LogP contribution in [0.1, 0.15) is 22.4 Å². The van der Waals surface area contributed by atoms with Crippen LogP contribution in [-0.2, 0) is 17.7 Å². The topological polar surface area (TPSA) is 63.7 Å². The molecule has 2 N–H and O–H groups in total. The molecule has 0 amide bonds. The molecule has 0 saturated carbocycles. The molecular formula is C17H20N4O. The Morgan fingerprint density at radius 3 is 2.73 bits per heavy atom. The van der Waals surface area contributed by atoms with Gasteiger partial charge in [-0.25, -0.2) is 4.98 Å². The summed E-state index contributed by atoms with van der Waals surface area (Å²) in [6.07, 6.45) is 0.718. The molecule has 1 aliphatic heterocycles. The first-order chi connectivity index (χ1) is 10.6. The van der Waals surface area contributed by atoms with Gasteiger partial charge in [-0.05, 0) is 36.6 Å². The van der Waals surface area contributed by atoms with E-state index in [9.17, 15) is 0 Å². The number of aromatic nitrogens is 1. The summed E-state index contributed by atoms with van der Waals surface area (Å²) in [6.45, 7) is 5.19. The van der Waals surface area contributed by atoms with E-state index in [2.05, 4.69) is 22.2 Å². The van der Waals surface area contributed by atoms with Crippen molar-refractivity contribution < 1.29 is 4.74 Å². The van der Waals surface area contributed by atoms with Crippen molar-refractivity contribution in [1.29, 1.82) is 0 Å². The quantitative estimate of drug-likeness (QED) is 0.942. The fourth-order valence-electron chi connectivity index (χ4n) is 2.61. The van der Waals surface area contributed by atoms with E-state index in [0.29, 0.717) is 19.1 Å². The van der Waals surface area contributed by atoms with Gasteiger partial charge in [0.05, 0.1) is 13.0 Å². The van der Waals surface area contributed by atoms with Crippen molar-refractivity contribution in [1.82, 2.24) is 9.99 Å². The molecule has 1 aromatic heterocycles. The van der Waals surface area contributed by atoms with Gasteiger partial charge in [0.15, 0.2) is 6.73 Å². The zero-order valence-corrected chi connectivity index (χ0v) is 12.9. The van der Waals surface area contributed by atoms with Crippen LogP contribution >= 0.6 is 0 Å². The number of hydrogen-bond acceptors (Lipinski definition) is 5. The Morgan fingerprint density at radius 1 is 1.23 bits per heavy atom. The lowest BCUT2D eigenvalue weighted by atomic mass is 10.1. The number of aryl methyl sites for hydroxylation is 2. The van der Waals surface area contributed by atoms with Crippen LogP contribution in [0.3, 0.4) is 0 Å². The standard InChI is InChI=1S/C17H20N4O/c1-12-8-16(18)19-13(2)15(12)10-21-11-22-17(20-21)9-14-6-4-3-5-7-14/h3-8H,9-11H2,1-2H3,(H2,18,19). The van der Waals surface area contributed by atoms with Gasteiger partial charge in [0, 0.05) is 5.69 Å². The van der Waals surface area contributed by atoms with E-state index in [0.717, 1.165) is 29.1 Å². The van der Waals surface area contributed by atoms with Crippen LogP contribution in [0.4, 0.5) is 5.82 Å². The summed E-state index contributed by atoms with van der Waals surface area (Å²) in [5.41, 5.74) is 10.2. The second-order valence-corrected chi connectivity index (χ2v) is 5.52. The highest BCUT2D eigenvalue weighted by atomic mass is 16.5. The van der Waals surface area contributed by atoms with Crippen LogP contribution in [0, 0.1) is 13.8 Å². The normalized spacial score (nSPS) is 13.9. The SMILES string of the molecule is Cc1cc(N)nc(C)c1CN1COC(Cc2ccccc2)=N1. The Labute approximate surface area is 130 Å². The van der Waals surface area contributed by atoms with Gasteiger partial charge in [-0.2, -0.15) is 0 Å². The van der Waals surface area contributed by atoms with E-state index in [1.165, 1.54) is 5.56 Å². The Hall–Kier alpha value is -2.56. The highest BCUT2D eigenvalue weighted by Gasteiger charge is 2.18. The number of rotatable bonds is 4. The summed E-state index contributed by atoms with van der Waals surface area (Å²) in [5.74, 6) is 1.31. The molecule has 0 fully saturated rings. The van der Waals surface area contributed by atoms with Crippen molar-refractivity contribution in [3.05, 3.63) is 58.8 Å². The number of hydrazone groups is 1. The second kappa shape index (κ2) is 6.05. The minimum atomic E-state index is 0.478. The molecule has 5 heteroatoms. The number of anilines is 1. The van der Waals surface area contributed by atoms with E-state index in [4.69, 9.17) is 10.5 Å². The van der Waals surface area contributed by atoms with Crippen molar-refractivity contribution in [2.45, 2.75) is 26.8 Å². The van der Waals surface area contributed by atoms with E-state index in [1.807, 2.05) is 43.1 Å². The minimum absolute atomic E-state index is 0.478. The predicted octanol–water partition coefficient (Wildman–Crippen LogP) is 2.63. The Kier molecular flexibility index (Phi) is 3.96. The third-order valence-corrected chi connectivity index (χ3v) is 3.75. The largest absolute Gasteiger partial charge is 0.457 e. The zero-order valence-electron chi connectivity index (χ0n) is 12.9. The molecule has 114 valence electrons. The van der Waals surface area contributed by atoms with Gasteiger partial charge >= 0.3 is 0 Å². The van der Waals surface area contributed by atoms with Gasteiger partial charge in [-0.1, -0.05) is 30.3 Å². The molecule has 2 heterocycles. The van der Waals surface area contributed by atoms with E-state index >= 15 is 0 Å². The van der Waals surface area contributed by atoms with Gasteiger partial charge in [0.25, 0.3) is 0 Å². The smallest absolute Gasteiger partial charge is 0.212 e. The van der Waals surface area contributed by atoms with Gasteiger partial charge in [-0.15, -0.1) is 5.10 Å². The molecule has 2 aromatic rings. The van der Waals surface area contributed by atoms with Crippen molar-refractivity contribution in [2.75, 3.05) is 12.5 Å². The first-order valence-electron chi connectivity index (χ1n) is 7.33. The molecule has 0 spiro atoms. The summed E-state index contributed by atoms with van der Waals surface area (Å²) in [6, 6.07) is 12.1. The molecule has 5 nitrogen and oxygen atoms in total. The number of nitrogen functional groups attached to an aromatic ring is 1. The highest BCUT2D eigenvalue weighted by Crippen LogP contribution is 2.19. The van der Waals surface area contributed by atoms with Crippen LogP contribution in [0.5, 0.6) is 0 Å². The number of pyridine rings is 1. The lowest BCUT2D eigenvalue weighted by Gasteiger charge is -2.15. The lowest BCUT2D eigenvalue weighted by Crippen LogP contribution is -2.16. The summed E-state index contributed by atoms with van der Waals surface area (Å²) >= 11 is 0. The van der Waals surface area contributed by atoms with Crippen molar-refractivity contribution in [3.8, 4) is 0 Å². The first-order valence-corrected chi connectivity index (χ1v) is 7.33. The number of benzene rings is 1. The average molecular weight is 296 g/mol. The maximum Gasteiger partial charge on any atom is 0.212 e. The molecule has 3 rings (SSSR count).